The third-order valence-corrected chi connectivity index (χ3v) is 4.05. The molecule has 3 rings (SSSR count). The summed E-state index contributed by atoms with van der Waals surface area (Å²) in [5.41, 5.74) is 2.28. The number of aromatic nitrogens is 2. The number of nitrogens with one attached hydrogen (secondary N) is 2. The number of nitrogens with zero attached hydrogens (tertiary/aromatic N) is 1. The smallest absolute Gasteiger partial charge is 0.223 e. The number of hydrogen-bond donors (Lipinski definition) is 2. The molecule has 0 aliphatic heterocycles. The number of rotatable bonds is 4. The third kappa shape index (κ3) is 2.46. The van der Waals surface area contributed by atoms with Crippen LogP contribution in [0.25, 0.3) is 11.4 Å². The summed E-state index contributed by atoms with van der Waals surface area (Å²) < 4.78 is 0. The minimum absolute atomic E-state index is 0.157. The Hall–Kier alpha value is -2.10. The van der Waals surface area contributed by atoms with Gasteiger partial charge in [-0.25, -0.2) is 4.98 Å². The van der Waals surface area contributed by atoms with Crippen molar-refractivity contribution in [3.8, 4) is 11.4 Å². The molecule has 4 nitrogen and oxygen atoms in total. The van der Waals surface area contributed by atoms with Gasteiger partial charge >= 0.3 is 0 Å². The van der Waals surface area contributed by atoms with Crippen molar-refractivity contribution in [3.05, 3.63) is 42.2 Å². The lowest BCUT2D eigenvalue weighted by Gasteiger charge is -2.10. The molecule has 1 aliphatic rings. The van der Waals surface area contributed by atoms with Crippen molar-refractivity contribution in [3.63, 3.8) is 0 Å². The summed E-state index contributed by atoms with van der Waals surface area (Å²) >= 11 is 0. The second kappa shape index (κ2) is 4.78. The SMILES string of the molecule is CC1(C)C[C@@H]1C(=O)NCc1ccccc1-c1ncc[nH]1. The molecule has 0 unspecified atom stereocenters. The molecule has 2 N–H and O–H groups in total. The summed E-state index contributed by atoms with van der Waals surface area (Å²) in [7, 11) is 0. The second-order valence-corrected chi connectivity index (χ2v) is 6.06. The van der Waals surface area contributed by atoms with E-state index in [1.54, 1.807) is 12.4 Å². The molecule has 0 spiro atoms. The van der Waals surface area contributed by atoms with Gasteiger partial charge in [0.2, 0.25) is 5.91 Å². The molecule has 4 heteroatoms. The van der Waals surface area contributed by atoms with Crippen molar-refractivity contribution in [1.29, 1.82) is 0 Å². The van der Waals surface area contributed by atoms with E-state index < -0.39 is 0 Å². The molecule has 0 saturated heterocycles. The van der Waals surface area contributed by atoms with Crippen LogP contribution in [-0.2, 0) is 11.3 Å². The maximum Gasteiger partial charge on any atom is 0.223 e. The van der Waals surface area contributed by atoms with E-state index in [1.807, 2.05) is 24.3 Å². The van der Waals surface area contributed by atoms with E-state index in [2.05, 4.69) is 29.1 Å². The summed E-state index contributed by atoms with van der Waals surface area (Å²) in [4.78, 5) is 19.4. The lowest BCUT2D eigenvalue weighted by atomic mass is 10.1. The lowest BCUT2D eigenvalue weighted by Crippen LogP contribution is -2.26. The van der Waals surface area contributed by atoms with Crippen molar-refractivity contribution in [2.75, 3.05) is 0 Å². The lowest BCUT2D eigenvalue weighted by molar-refractivity contribution is -0.123. The molecule has 20 heavy (non-hydrogen) atoms. The van der Waals surface area contributed by atoms with E-state index in [0.29, 0.717) is 6.54 Å². The molecule has 1 saturated carbocycles. The Morgan fingerprint density at radius 2 is 2.20 bits per heavy atom. The van der Waals surface area contributed by atoms with Crippen LogP contribution in [-0.4, -0.2) is 15.9 Å². The summed E-state index contributed by atoms with van der Waals surface area (Å²) in [5, 5.41) is 3.04. The molecule has 0 radical (unpaired) electrons. The van der Waals surface area contributed by atoms with Crippen LogP contribution in [0.1, 0.15) is 25.8 Å². The average Bonchev–Trinajstić information content (AvgIpc) is 2.87. The Bertz CT molecular complexity index is 616. The maximum absolute atomic E-state index is 12.1. The minimum Gasteiger partial charge on any atom is -0.352 e. The highest BCUT2D eigenvalue weighted by Crippen LogP contribution is 2.51. The van der Waals surface area contributed by atoms with Gasteiger partial charge in [0.15, 0.2) is 0 Å². The normalized spacial score (nSPS) is 19.6. The van der Waals surface area contributed by atoms with Gasteiger partial charge in [-0.2, -0.15) is 0 Å². The zero-order valence-corrected chi connectivity index (χ0v) is 11.8. The van der Waals surface area contributed by atoms with E-state index in [9.17, 15) is 4.79 Å². The van der Waals surface area contributed by atoms with Crippen LogP contribution in [0.5, 0.6) is 0 Å². The predicted molar refractivity (Wildman–Crippen MR) is 77.8 cm³/mol. The molecule has 1 atom stereocenters. The van der Waals surface area contributed by atoms with Gasteiger partial charge < -0.3 is 10.3 Å². The van der Waals surface area contributed by atoms with E-state index in [0.717, 1.165) is 23.4 Å². The number of imidazole rings is 1. The van der Waals surface area contributed by atoms with E-state index in [4.69, 9.17) is 0 Å². The van der Waals surface area contributed by atoms with E-state index >= 15 is 0 Å². The Kier molecular flexibility index (Phi) is 3.08. The summed E-state index contributed by atoms with van der Waals surface area (Å²) in [6.45, 7) is 4.81. The van der Waals surface area contributed by atoms with Gasteiger partial charge in [-0.15, -0.1) is 0 Å². The van der Waals surface area contributed by atoms with Crippen LogP contribution >= 0.6 is 0 Å². The number of aromatic amines is 1. The first-order chi connectivity index (χ1) is 9.58. The molecule has 1 fully saturated rings. The number of amides is 1. The van der Waals surface area contributed by atoms with Gasteiger partial charge in [0.1, 0.15) is 5.82 Å². The fourth-order valence-electron chi connectivity index (χ4n) is 2.54. The number of carbonyl (C=O) groups is 1. The molecule has 1 aromatic carbocycles. The minimum atomic E-state index is 0.157. The summed E-state index contributed by atoms with van der Waals surface area (Å²) in [6, 6.07) is 8.00. The highest BCUT2D eigenvalue weighted by atomic mass is 16.2. The summed E-state index contributed by atoms with van der Waals surface area (Å²) in [6.07, 6.45) is 4.52. The standard InChI is InChI=1S/C16H19N3O/c1-16(2)9-13(16)15(20)19-10-11-5-3-4-6-12(11)14-17-7-8-18-14/h3-8,13H,9-10H2,1-2H3,(H,17,18)(H,19,20)/t13-/m1/s1. The first-order valence-corrected chi connectivity index (χ1v) is 6.93. The predicted octanol–water partition coefficient (Wildman–Crippen LogP) is 2.74. The zero-order chi connectivity index (χ0) is 14.2. The van der Waals surface area contributed by atoms with Crippen molar-refractivity contribution >= 4 is 5.91 Å². The van der Waals surface area contributed by atoms with Crippen LogP contribution in [0.4, 0.5) is 0 Å². The van der Waals surface area contributed by atoms with Gasteiger partial charge in [0.25, 0.3) is 0 Å². The fraction of sp³-hybridized carbons (Fsp3) is 0.375. The number of carbonyl (C=O) groups excluding carboxylic acids is 1. The fourth-order valence-corrected chi connectivity index (χ4v) is 2.54. The Labute approximate surface area is 118 Å². The third-order valence-electron chi connectivity index (χ3n) is 4.05. The first-order valence-electron chi connectivity index (χ1n) is 6.93. The molecule has 1 amide bonds. The Morgan fingerprint density at radius 3 is 2.85 bits per heavy atom. The van der Waals surface area contributed by atoms with Crippen molar-refractivity contribution < 1.29 is 4.79 Å². The van der Waals surface area contributed by atoms with Crippen LogP contribution in [0.15, 0.2) is 36.7 Å². The van der Waals surface area contributed by atoms with Crippen LogP contribution in [0.2, 0.25) is 0 Å². The summed E-state index contributed by atoms with van der Waals surface area (Å²) in [5.74, 6) is 1.16. The van der Waals surface area contributed by atoms with E-state index in [1.165, 1.54) is 0 Å². The average molecular weight is 269 g/mol. The highest BCUT2D eigenvalue weighted by Gasteiger charge is 2.50. The zero-order valence-electron chi connectivity index (χ0n) is 11.8. The second-order valence-electron chi connectivity index (χ2n) is 6.06. The molecule has 1 heterocycles. The molecule has 0 bridgehead atoms. The van der Waals surface area contributed by atoms with E-state index in [-0.39, 0.29) is 17.2 Å². The largest absolute Gasteiger partial charge is 0.352 e. The van der Waals surface area contributed by atoms with Gasteiger partial charge in [0, 0.05) is 30.4 Å². The number of benzene rings is 1. The molecule has 1 aliphatic carbocycles. The highest BCUT2D eigenvalue weighted by molar-refractivity contribution is 5.82. The van der Waals surface area contributed by atoms with Gasteiger partial charge in [0.05, 0.1) is 0 Å². The molecule has 1 aromatic heterocycles. The van der Waals surface area contributed by atoms with Gasteiger partial charge in [-0.3, -0.25) is 4.79 Å². The molecular weight excluding hydrogens is 250 g/mol. The molecular formula is C16H19N3O. The number of H-pyrrole nitrogens is 1. The van der Waals surface area contributed by atoms with Crippen LogP contribution in [0, 0.1) is 11.3 Å². The van der Waals surface area contributed by atoms with Gasteiger partial charge in [-0.1, -0.05) is 38.1 Å². The topological polar surface area (TPSA) is 57.8 Å². The molecule has 104 valence electrons. The van der Waals surface area contributed by atoms with Crippen LogP contribution < -0.4 is 5.32 Å². The Morgan fingerprint density at radius 1 is 1.45 bits per heavy atom. The Balaban J connectivity index is 1.71. The maximum atomic E-state index is 12.1. The molecule has 2 aromatic rings. The van der Waals surface area contributed by atoms with Gasteiger partial charge in [-0.05, 0) is 17.4 Å². The monoisotopic (exact) mass is 269 g/mol. The quantitative estimate of drug-likeness (QED) is 0.896. The van der Waals surface area contributed by atoms with Crippen LogP contribution in [0.3, 0.4) is 0 Å². The van der Waals surface area contributed by atoms with Crippen molar-refractivity contribution in [2.24, 2.45) is 11.3 Å². The first kappa shape index (κ1) is 12.9. The van der Waals surface area contributed by atoms with Crippen molar-refractivity contribution in [1.82, 2.24) is 15.3 Å². The number of hydrogen-bond acceptors (Lipinski definition) is 2. The van der Waals surface area contributed by atoms with Crippen molar-refractivity contribution in [2.45, 2.75) is 26.8 Å².